The Morgan fingerprint density at radius 1 is 1.14 bits per heavy atom. The van der Waals surface area contributed by atoms with E-state index in [-0.39, 0.29) is 11.9 Å². The minimum atomic E-state index is 0.158. The van der Waals surface area contributed by atoms with Crippen LogP contribution in [0.1, 0.15) is 36.2 Å². The summed E-state index contributed by atoms with van der Waals surface area (Å²) in [6.45, 7) is 6.40. The van der Waals surface area contributed by atoms with Gasteiger partial charge in [-0.3, -0.25) is 14.7 Å². The van der Waals surface area contributed by atoms with Crippen LogP contribution < -0.4 is 0 Å². The number of likely N-dealkylation sites (tertiary alicyclic amines) is 2. The van der Waals surface area contributed by atoms with Gasteiger partial charge in [0.25, 0.3) is 0 Å². The molecule has 1 amide bonds. The summed E-state index contributed by atoms with van der Waals surface area (Å²) in [5.74, 6) is 1.19. The van der Waals surface area contributed by atoms with E-state index in [1.807, 2.05) is 12.3 Å². The third-order valence-corrected chi connectivity index (χ3v) is 6.40. The van der Waals surface area contributed by atoms with E-state index in [2.05, 4.69) is 58.1 Å². The number of nitrogens with zero attached hydrogens (tertiary/aromatic N) is 3. The smallest absolute Gasteiger partial charge is 0.225 e. The van der Waals surface area contributed by atoms with Gasteiger partial charge in [-0.1, -0.05) is 43.3 Å². The first-order chi connectivity index (χ1) is 14.2. The molecule has 2 aliphatic rings. The van der Waals surface area contributed by atoms with E-state index in [0.29, 0.717) is 24.9 Å². The molecule has 0 unspecified atom stereocenters. The van der Waals surface area contributed by atoms with E-state index < -0.39 is 0 Å². The van der Waals surface area contributed by atoms with Crippen LogP contribution in [0.2, 0.25) is 0 Å². The number of aromatic nitrogens is 1. The Morgan fingerprint density at radius 3 is 2.66 bits per heavy atom. The quantitative estimate of drug-likeness (QED) is 0.724. The molecule has 2 fully saturated rings. The zero-order chi connectivity index (χ0) is 20.2. The molecule has 3 atom stereocenters. The van der Waals surface area contributed by atoms with E-state index in [1.165, 1.54) is 11.1 Å². The van der Waals surface area contributed by atoms with Crippen LogP contribution in [-0.2, 0) is 22.5 Å². The normalized spacial score (nSPS) is 24.1. The molecule has 0 saturated carbocycles. The van der Waals surface area contributed by atoms with Gasteiger partial charge < -0.3 is 9.64 Å². The van der Waals surface area contributed by atoms with Crippen molar-refractivity contribution in [1.29, 1.82) is 0 Å². The number of amides is 1. The number of rotatable bonds is 7. The summed E-state index contributed by atoms with van der Waals surface area (Å²) >= 11 is 0. The molecule has 5 nitrogen and oxygen atoms in total. The Morgan fingerprint density at radius 2 is 1.97 bits per heavy atom. The van der Waals surface area contributed by atoms with Crippen LogP contribution in [0.5, 0.6) is 0 Å². The van der Waals surface area contributed by atoms with Gasteiger partial charge in [0.1, 0.15) is 0 Å². The summed E-state index contributed by atoms with van der Waals surface area (Å²) in [7, 11) is 1.65. The number of ether oxygens (including phenoxy) is 1. The van der Waals surface area contributed by atoms with E-state index >= 15 is 0 Å². The third-order valence-electron chi connectivity index (χ3n) is 6.40. The van der Waals surface area contributed by atoms with Crippen LogP contribution in [0, 0.1) is 11.8 Å². The summed E-state index contributed by atoms with van der Waals surface area (Å²) < 4.78 is 5.14. The first-order valence-electron chi connectivity index (χ1n) is 10.7. The Bertz CT molecular complexity index is 809. The summed E-state index contributed by atoms with van der Waals surface area (Å²) in [6, 6.07) is 15.0. The third kappa shape index (κ3) is 4.36. The molecule has 1 aromatic carbocycles. The number of hydrogen-bond donors (Lipinski definition) is 0. The molecule has 5 heteroatoms. The Labute approximate surface area is 173 Å². The molecule has 0 aliphatic carbocycles. The number of pyridine rings is 1. The minimum Gasteiger partial charge on any atom is -0.384 e. The van der Waals surface area contributed by atoms with Gasteiger partial charge in [0, 0.05) is 45.4 Å². The molecule has 0 radical (unpaired) electrons. The SMILES string of the molecule is CCc1ccc(CN2C[C@H]3CN(C(=O)CCOC)[C@H](c4ccccc4)[C@H]3C2)nc1. The van der Waals surface area contributed by atoms with Gasteiger partial charge in [0.15, 0.2) is 0 Å². The fourth-order valence-electron chi connectivity index (χ4n) is 4.92. The monoisotopic (exact) mass is 393 g/mol. The average Bonchev–Trinajstić information content (AvgIpc) is 3.30. The van der Waals surface area contributed by atoms with Gasteiger partial charge in [-0.05, 0) is 29.5 Å². The molecule has 3 heterocycles. The number of fused-ring (bicyclic) bond motifs is 1. The standard InChI is InChI=1S/C24H31N3O2/c1-3-18-9-10-21(25-13-18)16-26-14-20-15-27(23(28)11-12-29-2)24(22(20)17-26)19-7-5-4-6-8-19/h4-10,13,20,22,24H,3,11-12,14-17H2,1-2H3/t20-,22-,24+/m0/s1. The number of benzene rings is 1. The lowest BCUT2D eigenvalue weighted by Gasteiger charge is -2.30. The van der Waals surface area contributed by atoms with Gasteiger partial charge >= 0.3 is 0 Å². The second-order valence-electron chi connectivity index (χ2n) is 8.27. The van der Waals surface area contributed by atoms with Crippen molar-refractivity contribution in [2.75, 3.05) is 33.4 Å². The molecule has 4 rings (SSSR count). The molecule has 2 aliphatic heterocycles. The largest absolute Gasteiger partial charge is 0.384 e. The van der Waals surface area contributed by atoms with Crippen LogP contribution in [0.25, 0.3) is 0 Å². The van der Waals surface area contributed by atoms with Crippen molar-refractivity contribution in [3.63, 3.8) is 0 Å². The molecular weight excluding hydrogens is 362 g/mol. The van der Waals surface area contributed by atoms with Crippen molar-refractivity contribution in [3.8, 4) is 0 Å². The van der Waals surface area contributed by atoms with Gasteiger partial charge in [0.05, 0.1) is 24.8 Å². The average molecular weight is 394 g/mol. The Kier molecular flexibility index (Phi) is 6.26. The second-order valence-corrected chi connectivity index (χ2v) is 8.27. The highest BCUT2D eigenvalue weighted by molar-refractivity contribution is 5.77. The fourth-order valence-corrected chi connectivity index (χ4v) is 4.92. The molecule has 2 aromatic rings. The summed E-state index contributed by atoms with van der Waals surface area (Å²) in [5.41, 5.74) is 3.66. The van der Waals surface area contributed by atoms with Gasteiger partial charge in [-0.2, -0.15) is 0 Å². The van der Waals surface area contributed by atoms with Crippen molar-refractivity contribution in [3.05, 3.63) is 65.5 Å². The van der Waals surface area contributed by atoms with Crippen LogP contribution in [0.3, 0.4) is 0 Å². The highest BCUT2D eigenvalue weighted by atomic mass is 16.5. The van der Waals surface area contributed by atoms with Crippen molar-refractivity contribution in [1.82, 2.24) is 14.8 Å². The zero-order valence-electron chi connectivity index (χ0n) is 17.5. The summed E-state index contributed by atoms with van der Waals surface area (Å²) in [6.07, 6.45) is 3.47. The number of carbonyl (C=O) groups is 1. The van der Waals surface area contributed by atoms with Crippen molar-refractivity contribution >= 4 is 5.91 Å². The molecule has 0 spiro atoms. The Balaban J connectivity index is 1.49. The predicted octanol–water partition coefficient (Wildman–Crippen LogP) is 3.31. The maximum Gasteiger partial charge on any atom is 0.225 e. The molecule has 154 valence electrons. The minimum absolute atomic E-state index is 0.158. The molecule has 1 aromatic heterocycles. The van der Waals surface area contributed by atoms with Crippen LogP contribution >= 0.6 is 0 Å². The first-order valence-corrected chi connectivity index (χ1v) is 10.7. The predicted molar refractivity (Wildman–Crippen MR) is 113 cm³/mol. The fraction of sp³-hybridized carbons (Fsp3) is 0.500. The van der Waals surface area contributed by atoms with Crippen LogP contribution in [0.15, 0.2) is 48.7 Å². The van der Waals surface area contributed by atoms with Crippen molar-refractivity contribution in [2.45, 2.75) is 32.4 Å². The Hall–Kier alpha value is -2.24. The van der Waals surface area contributed by atoms with E-state index in [0.717, 1.165) is 38.3 Å². The van der Waals surface area contributed by atoms with Crippen molar-refractivity contribution < 1.29 is 9.53 Å². The van der Waals surface area contributed by atoms with Gasteiger partial charge in [-0.15, -0.1) is 0 Å². The highest BCUT2D eigenvalue weighted by Crippen LogP contribution is 2.45. The van der Waals surface area contributed by atoms with Crippen LogP contribution in [-0.4, -0.2) is 54.0 Å². The molecule has 2 saturated heterocycles. The first kappa shape index (κ1) is 20.0. The molecular formula is C24H31N3O2. The lowest BCUT2D eigenvalue weighted by molar-refractivity contribution is -0.133. The summed E-state index contributed by atoms with van der Waals surface area (Å²) in [4.78, 5) is 22.1. The zero-order valence-corrected chi connectivity index (χ0v) is 17.5. The second kappa shape index (κ2) is 9.06. The van der Waals surface area contributed by atoms with E-state index in [1.54, 1.807) is 7.11 Å². The number of methoxy groups -OCH3 is 1. The maximum atomic E-state index is 12.9. The van der Waals surface area contributed by atoms with Crippen LogP contribution in [0.4, 0.5) is 0 Å². The number of aryl methyl sites for hydroxylation is 1. The highest BCUT2D eigenvalue weighted by Gasteiger charge is 2.48. The summed E-state index contributed by atoms with van der Waals surface area (Å²) in [5, 5.41) is 0. The topological polar surface area (TPSA) is 45.7 Å². The molecule has 29 heavy (non-hydrogen) atoms. The molecule has 0 N–H and O–H groups in total. The molecule has 0 bridgehead atoms. The van der Waals surface area contributed by atoms with Gasteiger partial charge in [0.2, 0.25) is 5.91 Å². The maximum absolute atomic E-state index is 12.9. The number of carbonyl (C=O) groups excluding carboxylic acids is 1. The van der Waals surface area contributed by atoms with Crippen molar-refractivity contribution in [2.24, 2.45) is 11.8 Å². The van der Waals surface area contributed by atoms with Gasteiger partial charge in [-0.25, -0.2) is 0 Å². The number of hydrogen-bond acceptors (Lipinski definition) is 4. The van der Waals surface area contributed by atoms with E-state index in [9.17, 15) is 4.79 Å². The van der Waals surface area contributed by atoms with E-state index in [4.69, 9.17) is 4.74 Å². The lowest BCUT2D eigenvalue weighted by atomic mass is 9.89. The lowest BCUT2D eigenvalue weighted by Crippen LogP contribution is -2.36.